The number of benzene rings is 5. The number of nitrogens with zero attached hydrogens (tertiary/aromatic N) is 3. The lowest BCUT2D eigenvalue weighted by Gasteiger charge is -2.14. The average Bonchev–Trinajstić information content (AvgIpc) is 3.71. The highest BCUT2D eigenvalue weighted by Crippen LogP contribution is 2.42. The molecule has 0 N–H and O–H groups in total. The molecule has 4 heterocycles. The van der Waals surface area contributed by atoms with E-state index in [1.54, 1.807) is 11.3 Å². The fourth-order valence-electron chi connectivity index (χ4n) is 7.04. The molecule has 0 aliphatic heterocycles. The van der Waals surface area contributed by atoms with Gasteiger partial charge in [-0.3, -0.25) is 4.57 Å². The van der Waals surface area contributed by atoms with E-state index in [9.17, 15) is 0 Å². The molecule has 0 saturated carbocycles. The summed E-state index contributed by atoms with van der Waals surface area (Å²) in [7, 11) is 0. The fraction of sp³-hybridized carbons (Fsp3) is 0.0769. The third-order valence-electron chi connectivity index (χ3n) is 9.14. The first-order valence-electron chi connectivity index (χ1n) is 15.1. The molecule has 1 aliphatic rings. The predicted molar refractivity (Wildman–Crippen MR) is 189 cm³/mol. The topological polar surface area (TPSA) is 30.7 Å². The summed E-state index contributed by atoms with van der Waals surface area (Å²) in [6, 6.07) is 37.5. The number of rotatable bonds is 2. The van der Waals surface area contributed by atoms with Gasteiger partial charge in [0, 0.05) is 41.4 Å². The zero-order valence-corrected chi connectivity index (χ0v) is 25.5. The zero-order valence-electron chi connectivity index (χ0n) is 23.9. The highest BCUT2D eigenvalue weighted by Gasteiger charge is 2.24. The van der Waals surface area contributed by atoms with E-state index < -0.39 is 0 Å². The predicted octanol–water partition coefficient (Wildman–Crippen LogP) is 11.2. The second-order valence-corrected chi connectivity index (χ2v) is 14.0. The van der Waals surface area contributed by atoms with Crippen molar-refractivity contribution in [3.63, 3.8) is 0 Å². The van der Waals surface area contributed by atoms with Gasteiger partial charge in [0.1, 0.15) is 16.0 Å². The number of hydrogen-bond acceptors (Lipinski definition) is 4. The maximum Gasteiger partial charge on any atom is 0.166 e. The van der Waals surface area contributed by atoms with E-state index in [0.29, 0.717) is 5.92 Å². The SMILES string of the molecule is CC1C=Cc2sc3nc(-n4c5ccccc5c5cc6ccccc6cc54)c(-c4ccc5c(c4)sc4ccccc45)nc3c2C1. The van der Waals surface area contributed by atoms with Gasteiger partial charge in [-0.2, -0.15) is 0 Å². The summed E-state index contributed by atoms with van der Waals surface area (Å²) >= 11 is 3.61. The molecule has 3 nitrogen and oxygen atoms in total. The molecule has 1 unspecified atom stereocenters. The van der Waals surface area contributed by atoms with Crippen molar-refractivity contribution in [3.05, 3.63) is 120 Å². The molecule has 5 heteroatoms. The van der Waals surface area contributed by atoms with Crippen LogP contribution in [0.5, 0.6) is 0 Å². The average molecular weight is 600 g/mol. The van der Waals surface area contributed by atoms with Crippen LogP contribution in [0.1, 0.15) is 17.4 Å². The minimum atomic E-state index is 0.491. The van der Waals surface area contributed by atoms with Crippen LogP contribution in [-0.4, -0.2) is 14.5 Å². The largest absolute Gasteiger partial charge is 0.292 e. The molecule has 4 aromatic heterocycles. The van der Waals surface area contributed by atoms with E-state index >= 15 is 0 Å². The Morgan fingerprint density at radius 2 is 1.45 bits per heavy atom. The van der Waals surface area contributed by atoms with Crippen molar-refractivity contribution in [3.8, 4) is 17.1 Å². The highest BCUT2D eigenvalue weighted by molar-refractivity contribution is 7.25. The Bertz CT molecular complexity index is 2670. The number of para-hydroxylation sites is 1. The quantitative estimate of drug-likeness (QED) is 0.198. The molecule has 5 aromatic carbocycles. The van der Waals surface area contributed by atoms with Gasteiger partial charge in [-0.15, -0.1) is 22.7 Å². The van der Waals surface area contributed by atoms with Crippen molar-refractivity contribution in [2.75, 3.05) is 0 Å². The summed E-state index contributed by atoms with van der Waals surface area (Å²) in [5.74, 6) is 1.38. The lowest BCUT2D eigenvalue weighted by molar-refractivity contribution is 0.723. The maximum atomic E-state index is 5.54. The highest BCUT2D eigenvalue weighted by atomic mass is 32.1. The van der Waals surface area contributed by atoms with Crippen LogP contribution in [0.15, 0.2) is 109 Å². The smallest absolute Gasteiger partial charge is 0.166 e. The van der Waals surface area contributed by atoms with Crippen LogP contribution < -0.4 is 0 Å². The summed E-state index contributed by atoms with van der Waals surface area (Å²) in [6.07, 6.45) is 5.58. The molecular weight excluding hydrogens is 575 g/mol. The molecule has 9 aromatic rings. The van der Waals surface area contributed by atoms with Crippen LogP contribution in [0.3, 0.4) is 0 Å². The Morgan fingerprint density at radius 3 is 2.36 bits per heavy atom. The Labute approximate surface area is 261 Å². The van der Waals surface area contributed by atoms with Crippen molar-refractivity contribution >= 4 is 91.8 Å². The van der Waals surface area contributed by atoms with Crippen LogP contribution in [0.4, 0.5) is 0 Å². The van der Waals surface area contributed by atoms with E-state index in [1.807, 2.05) is 11.3 Å². The number of fused-ring (bicyclic) bond motifs is 10. The number of hydrogen-bond donors (Lipinski definition) is 0. The van der Waals surface area contributed by atoms with E-state index in [4.69, 9.17) is 9.97 Å². The van der Waals surface area contributed by atoms with Gasteiger partial charge in [0.05, 0.1) is 11.0 Å². The van der Waals surface area contributed by atoms with Gasteiger partial charge in [-0.1, -0.05) is 85.8 Å². The van der Waals surface area contributed by atoms with Gasteiger partial charge in [0.25, 0.3) is 0 Å². The van der Waals surface area contributed by atoms with E-state index in [2.05, 4.69) is 127 Å². The monoisotopic (exact) mass is 599 g/mol. The Morgan fingerprint density at radius 1 is 0.682 bits per heavy atom. The third kappa shape index (κ3) is 3.48. The molecule has 0 radical (unpaired) electrons. The minimum absolute atomic E-state index is 0.491. The molecule has 44 heavy (non-hydrogen) atoms. The molecule has 0 spiro atoms. The molecule has 1 atom stereocenters. The normalized spacial score (nSPS) is 15.0. The molecule has 208 valence electrons. The summed E-state index contributed by atoms with van der Waals surface area (Å²) in [5.41, 5.74) is 6.69. The molecule has 1 aliphatic carbocycles. The minimum Gasteiger partial charge on any atom is -0.292 e. The summed E-state index contributed by atoms with van der Waals surface area (Å²) in [5, 5.41) is 7.52. The molecule has 0 bridgehead atoms. The zero-order chi connectivity index (χ0) is 28.9. The van der Waals surface area contributed by atoms with Crippen molar-refractivity contribution in [1.29, 1.82) is 0 Å². The molecule has 10 rings (SSSR count). The van der Waals surface area contributed by atoms with Crippen LogP contribution in [0, 0.1) is 5.92 Å². The summed E-state index contributed by atoms with van der Waals surface area (Å²) in [4.78, 5) is 13.3. The van der Waals surface area contributed by atoms with Gasteiger partial charge in [0.15, 0.2) is 5.82 Å². The van der Waals surface area contributed by atoms with Crippen molar-refractivity contribution < 1.29 is 0 Å². The lowest BCUT2D eigenvalue weighted by atomic mass is 9.95. The van der Waals surface area contributed by atoms with Crippen LogP contribution in [-0.2, 0) is 6.42 Å². The van der Waals surface area contributed by atoms with E-state index in [-0.39, 0.29) is 0 Å². The van der Waals surface area contributed by atoms with Crippen molar-refractivity contribution in [2.24, 2.45) is 5.92 Å². The fourth-order valence-corrected chi connectivity index (χ4v) is 9.24. The van der Waals surface area contributed by atoms with E-state index in [1.165, 1.54) is 52.2 Å². The van der Waals surface area contributed by atoms with Gasteiger partial charge in [-0.25, -0.2) is 9.97 Å². The Hall–Kier alpha value is -4.84. The first kappa shape index (κ1) is 24.6. The molecule has 0 amide bonds. The van der Waals surface area contributed by atoms with Gasteiger partial charge >= 0.3 is 0 Å². The lowest BCUT2D eigenvalue weighted by Crippen LogP contribution is -2.05. The molecular formula is C39H25N3S2. The first-order chi connectivity index (χ1) is 21.7. The molecule has 0 saturated heterocycles. The van der Waals surface area contributed by atoms with Gasteiger partial charge in [0.2, 0.25) is 0 Å². The van der Waals surface area contributed by atoms with E-state index in [0.717, 1.165) is 44.9 Å². The van der Waals surface area contributed by atoms with Crippen LogP contribution >= 0.6 is 22.7 Å². The van der Waals surface area contributed by atoms with Crippen LogP contribution in [0.2, 0.25) is 0 Å². The van der Waals surface area contributed by atoms with Crippen molar-refractivity contribution in [2.45, 2.75) is 13.3 Å². The third-order valence-corrected chi connectivity index (χ3v) is 11.4. The Balaban J connectivity index is 1.33. The summed E-state index contributed by atoms with van der Waals surface area (Å²) in [6.45, 7) is 2.28. The van der Waals surface area contributed by atoms with Gasteiger partial charge in [-0.05, 0) is 65.1 Å². The van der Waals surface area contributed by atoms with Crippen LogP contribution in [0.25, 0.3) is 86.2 Å². The maximum absolute atomic E-state index is 5.54. The standard InChI is InChI=1S/C39H25N3S2/c1-22-14-17-34-30(18-22)37-39(44-34)41-38(36(40-37)25-15-16-28-27-11-5-7-13-33(27)43-35(28)21-25)42-31-12-6-4-10-26(31)29-19-23-8-2-3-9-24(23)20-32(29)42/h2-17,19-22H,18H2,1H3. The first-order valence-corrected chi connectivity index (χ1v) is 16.7. The molecule has 0 fully saturated rings. The second-order valence-electron chi connectivity index (χ2n) is 11.9. The second kappa shape index (κ2) is 9.08. The summed E-state index contributed by atoms with van der Waals surface area (Å²) < 4.78 is 4.93. The Kier molecular flexibility index (Phi) is 5.08. The van der Waals surface area contributed by atoms with Gasteiger partial charge < -0.3 is 0 Å². The number of allylic oxidation sites excluding steroid dienone is 1. The number of thiophene rings is 2. The number of aromatic nitrogens is 3. The van der Waals surface area contributed by atoms with Crippen molar-refractivity contribution in [1.82, 2.24) is 14.5 Å².